The van der Waals surface area contributed by atoms with Gasteiger partial charge in [-0.3, -0.25) is 57.7 Å². The van der Waals surface area contributed by atoms with Crippen molar-refractivity contribution in [2.45, 2.75) is 87.4 Å². The van der Waals surface area contributed by atoms with Crippen LogP contribution < -0.4 is 65.1 Å². The van der Waals surface area contributed by atoms with Crippen LogP contribution in [0.5, 0.6) is 0 Å². The van der Waals surface area contributed by atoms with Crippen LogP contribution >= 0.6 is 0 Å². The van der Waals surface area contributed by atoms with Gasteiger partial charge in [-0.15, -0.1) is 0 Å². The van der Waals surface area contributed by atoms with Crippen LogP contribution in [0, 0.1) is 0 Å². The molecule has 31 heteroatoms. The minimum absolute atomic E-state index is 0.0137. The summed E-state index contributed by atoms with van der Waals surface area (Å²) in [4.78, 5) is 144. The first kappa shape index (κ1) is 58.2. The van der Waals surface area contributed by atoms with Crippen molar-refractivity contribution in [3.8, 4) is 0 Å². The highest BCUT2D eigenvalue weighted by molar-refractivity contribution is 5.98. The van der Waals surface area contributed by atoms with Gasteiger partial charge in [0, 0.05) is 19.7 Å². The normalized spacial score (nSPS) is 16.2. The van der Waals surface area contributed by atoms with Gasteiger partial charge in [0.05, 0.1) is 46.1 Å². The molecule has 21 N–H and O–H groups in total. The van der Waals surface area contributed by atoms with Crippen LogP contribution in [0.4, 0.5) is 0 Å². The van der Waals surface area contributed by atoms with Gasteiger partial charge in [-0.05, 0) is 39.0 Å². The summed E-state index contributed by atoms with van der Waals surface area (Å²) in [5.74, 6) is -11.5. The molecule has 1 aliphatic rings. The summed E-state index contributed by atoms with van der Waals surface area (Å²) in [7, 11) is 0. The monoisotopic (exact) mass is 962 g/mol. The molecular weight excluding hydrogens is 900 g/mol. The number of aliphatic carboxylic acids is 1. The van der Waals surface area contributed by atoms with E-state index in [4.69, 9.17) is 22.3 Å². The number of hydrogen-bond donors (Lipinski definition) is 18. The maximum atomic E-state index is 13.3. The van der Waals surface area contributed by atoms with Crippen LogP contribution in [-0.2, 0) is 52.7 Å². The number of amides is 10. The first-order valence-corrected chi connectivity index (χ1v) is 20.7. The topological polar surface area (TPSA) is 511 Å². The molecule has 1 fully saturated rings. The summed E-state index contributed by atoms with van der Waals surface area (Å²) in [6, 6.07) is -12.0. The van der Waals surface area contributed by atoms with Gasteiger partial charge >= 0.3 is 5.97 Å². The minimum atomic E-state index is -1.76. The number of aliphatic hydroxyl groups is 5. The Morgan fingerprint density at radius 1 is 0.612 bits per heavy atom. The van der Waals surface area contributed by atoms with Gasteiger partial charge in [-0.1, -0.05) is 0 Å². The number of nitrogens with two attached hydrogens (primary N) is 3. The van der Waals surface area contributed by atoms with E-state index < -0.39 is 172 Å². The molecule has 0 bridgehead atoms. The Balaban J connectivity index is 2.94. The Labute approximate surface area is 382 Å². The van der Waals surface area contributed by atoms with E-state index in [0.29, 0.717) is 6.42 Å². The Bertz CT molecular complexity index is 1780. The van der Waals surface area contributed by atoms with Gasteiger partial charge in [0.2, 0.25) is 59.1 Å². The predicted octanol–water partition coefficient (Wildman–Crippen LogP) is -11.9. The second-order valence-corrected chi connectivity index (χ2v) is 14.6. The maximum Gasteiger partial charge on any atom is 0.325 e. The number of aliphatic imine (C=N–C) groups is 1. The van der Waals surface area contributed by atoms with Gasteiger partial charge in [0.25, 0.3) is 0 Å². The summed E-state index contributed by atoms with van der Waals surface area (Å²) in [6.07, 6.45) is 0.0509. The first-order valence-electron chi connectivity index (χ1n) is 20.7. The van der Waals surface area contributed by atoms with Gasteiger partial charge in [0.1, 0.15) is 48.3 Å². The van der Waals surface area contributed by atoms with Crippen molar-refractivity contribution in [1.82, 2.24) is 52.8 Å². The molecule has 1 aliphatic heterocycles. The van der Waals surface area contributed by atoms with Crippen molar-refractivity contribution < 1.29 is 83.4 Å². The number of carbonyl (C=O) groups excluding carboxylic acids is 10. The molecule has 0 spiro atoms. The minimum Gasteiger partial charge on any atom is -0.480 e. The number of likely N-dealkylation sites (tertiary alicyclic amines) is 1. The van der Waals surface area contributed by atoms with Crippen molar-refractivity contribution in [2.75, 3.05) is 65.8 Å². The molecule has 0 aromatic carbocycles. The number of nitrogens with one attached hydrogen (secondary N) is 9. The molecule has 0 aromatic heterocycles. The van der Waals surface area contributed by atoms with Crippen LogP contribution in [0.2, 0.25) is 0 Å². The number of hydrogen-bond acceptors (Lipinski definition) is 18. The van der Waals surface area contributed by atoms with Crippen LogP contribution in [0.3, 0.4) is 0 Å². The molecule has 1 saturated heterocycles. The fraction of sp³-hybridized carbons (Fsp3) is 0.667. The molecule has 0 aromatic rings. The maximum absolute atomic E-state index is 13.3. The standard InChI is InChI=1S/C36H62N14O17/c1-17(35(66)67)43-33(64)24-5-3-8-50(24)34(65)23(16-55)49-30(61)19(6-9-51)45-27(58)11-41-28(59)18(4-2-7-40-36(38)39)44-26(57)12-42-29(60)20(13-52)47-32(63)22(15-54)48-31(62)21(14-53)46-25(56)10-37/h17-24,51-55H,2-16,37H2,1H3,(H,41,59)(H,42,60)(H,43,64)(H,44,57)(H,45,58)(H,46,56)(H,47,63)(H,48,62)(H,49,61)(H,66,67)(H4,38,39,40)/t17?,18-,19-,20-,21-,22+,23+,24?/m1/s1. The summed E-state index contributed by atoms with van der Waals surface area (Å²) < 4.78 is 0. The zero-order valence-corrected chi connectivity index (χ0v) is 36.5. The molecule has 0 radical (unpaired) electrons. The summed E-state index contributed by atoms with van der Waals surface area (Å²) in [5.41, 5.74) is 15.8. The molecular formula is C36H62N14O17. The van der Waals surface area contributed by atoms with E-state index in [2.05, 4.69) is 42.2 Å². The van der Waals surface area contributed by atoms with Gasteiger partial charge < -0.3 is 101 Å². The Morgan fingerprint density at radius 2 is 1.06 bits per heavy atom. The molecule has 10 amide bonds. The molecule has 1 rings (SSSR count). The van der Waals surface area contributed by atoms with E-state index in [0.717, 1.165) is 4.90 Å². The lowest BCUT2D eigenvalue weighted by atomic mass is 10.1. The van der Waals surface area contributed by atoms with Crippen molar-refractivity contribution in [3.63, 3.8) is 0 Å². The third-order valence-corrected chi connectivity index (χ3v) is 9.53. The molecule has 31 nitrogen and oxygen atoms in total. The van der Waals surface area contributed by atoms with Gasteiger partial charge in [-0.2, -0.15) is 0 Å². The van der Waals surface area contributed by atoms with Crippen LogP contribution in [-0.4, -0.2) is 221 Å². The molecule has 0 aliphatic carbocycles. The number of carboxylic acids is 1. The lowest BCUT2D eigenvalue weighted by molar-refractivity contribution is -0.145. The van der Waals surface area contributed by atoms with Gasteiger partial charge in [0.15, 0.2) is 5.96 Å². The smallest absolute Gasteiger partial charge is 0.325 e. The average Bonchev–Trinajstić information content (AvgIpc) is 3.80. The van der Waals surface area contributed by atoms with E-state index in [1.54, 1.807) is 0 Å². The highest BCUT2D eigenvalue weighted by Crippen LogP contribution is 2.19. The second-order valence-electron chi connectivity index (χ2n) is 14.6. The van der Waals surface area contributed by atoms with E-state index in [-0.39, 0.29) is 38.3 Å². The number of carbonyl (C=O) groups is 11. The van der Waals surface area contributed by atoms with E-state index >= 15 is 0 Å². The summed E-state index contributed by atoms with van der Waals surface area (Å²) in [5, 5.41) is 77.1. The number of guanidine groups is 1. The fourth-order valence-corrected chi connectivity index (χ4v) is 5.95. The number of nitrogens with zero attached hydrogens (tertiary/aromatic N) is 2. The van der Waals surface area contributed by atoms with Crippen molar-refractivity contribution in [3.05, 3.63) is 0 Å². The first-order chi connectivity index (χ1) is 31.7. The average molecular weight is 963 g/mol. The Hall–Kier alpha value is -6.80. The number of aliphatic hydroxyl groups excluding tert-OH is 5. The quantitative estimate of drug-likeness (QED) is 0.0181. The van der Waals surface area contributed by atoms with Crippen molar-refractivity contribution in [2.24, 2.45) is 22.2 Å². The van der Waals surface area contributed by atoms with Crippen LogP contribution in [0.25, 0.3) is 0 Å². The van der Waals surface area contributed by atoms with Crippen LogP contribution in [0.1, 0.15) is 39.0 Å². The lowest BCUT2D eigenvalue weighted by Crippen LogP contribution is -2.59. The van der Waals surface area contributed by atoms with E-state index in [1.165, 1.54) is 6.92 Å². The zero-order chi connectivity index (χ0) is 50.8. The third-order valence-electron chi connectivity index (χ3n) is 9.53. The summed E-state index contributed by atoms with van der Waals surface area (Å²) in [6.45, 7) is -5.55. The van der Waals surface area contributed by atoms with Crippen LogP contribution in [0.15, 0.2) is 4.99 Å². The second kappa shape index (κ2) is 30.4. The number of rotatable bonds is 30. The van der Waals surface area contributed by atoms with Crippen molar-refractivity contribution in [1.29, 1.82) is 0 Å². The largest absolute Gasteiger partial charge is 0.480 e. The predicted molar refractivity (Wildman–Crippen MR) is 227 cm³/mol. The highest BCUT2D eigenvalue weighted by Gasteiger charge is 2.39. The van der Waals surface area contributed by atoms with E-state index in [1.807, 2.05) is 10.6 Å². The molecule has 67 heavy (non-hydrogen) atoms. The zero-order valence-electron chi connectivity index (χ0n) is 36.5. The Morgan fingerprint density at radius 3 is 1.54 bits per heavy atom. The Kier molecular flexibility index (Phi) is 26.4. The molecule has 2 unspecified atom stereocenters. The molecule has 378 valence electrons. The van der Waals surface area contributed by atoms with Crippen molar-refractivity contribution >= 4 is 71.0 Å². The lowest BCUT2D eigenvalue weighted by Gasteiger charge is -2.29. The summed E-state index contributed by atoms with van der Waals surface area (Å²) >= 11 is 0. The SMILES string of the molecule is CC(NC(=O)C1CCCN1C(=O)[C@H](CO)NC(=O)[C@@H](CCO)NC(=O)CNC(=O)[C@@H](CCCN=C(N)N)NC(=O)CNC(=O)[C@@H](CO)NC(=O)[C@H](CO)NC(=O)[C@@H](CO)NC(=O)CN)C(=O)O. The molecule has 1 heterocycles. The molecule has 8 atom stereocenters. The number of carboxylic acid groups (broad SMARTS) is 1. The highest BCUT2D eigenvalue weighted by atomic mass is 16.4. The third kappa shape index (κ3) is 20.5. The molecule has 0 saturated carbocycles. The van der Waals surface area contributed by atoms with Gasteiger partial charge in [-0.25, -0.2) is 0 Å². The van der Waals surface area contributed by atoms with E-state index in [9.17, 15) is 78.3 Å². The fourth-order valence-electron chi connectivity index (χ4n) is 5.95.